The lowest BCUT2D eigenvalue weighted by Crippen LogP contribution is -2.69. The standard InChI is InChI=1S/C54H88O27S/c1-22(2)10-13-30(57)52(8)53(67)17-16-51(7)24-11-12-29-49(4,5)32(14-15-50(29,6)25(24)18-31(58)54(51,53)48(66)80-52)76-47-43(35(61)28(21-72-47)81-82(68,69)70)79-44-37(63)36(62)40(23(3)73-44)77-46-39(65)42(34(60)27(20-56)75-46)78-45-38(64)41(71-9)33(59)26(19-55)74-45/h18,22-24,26-47,55-65,67H,10-17,19-21H2,1-9H3,(H,68,69,70)/t23-,24?,26-,27-,28-,29?,30?,31?,32+,33-,34-,35+,36-,37-,38-,39-,40-,41+,42+,43-,44+,45+,46+,47+,50-,51+,52+,53+,54?/m1/s1. The van der Waals surface area contributed by atoms with Gasteiger partial charge in [-0.3, -0.25) is 9.35 Å². The number of hydrogen-bond acceptors (Lipinski definition) is 26. The molecule has 13 N–H and O–H groups in total. The van der Waals surface area contributed by atoms with Gasteiger partial charge < -0.3 is 109 Å². The maximum Gasteiger partial charge on any atom is 0.397 e. The van der Waals surface area contributed by atoms with E-state index in [1.165, 1.54) is 14.0 Å². The predicted molar refractivity (Wildman–Crippen MR) is 275 cm³/mol. The topological polar surface area (TPSA) is 416 Å². The van der Waals surface area contributed by atoms with Crippen molar-refractivity contribution >= 4 is 16.4 Å². The van der Waals surface area contributed by atoms with Crippen molar-refractivity contribution in [2.24, 2.45) is 39.4 Å². The zero-order valence-electron chi connectivity index (χ0n) is 47.7. The first-order chi connectivity index (χ1) is 38.2. The lowest BCUT2D eigenvalue weighted by atomic mass is 9.40. The second-order valence-electron chi connectivity index (χ2n) is 26.1. The van der Waals surface area contributed by atoms with Gasteiger partial charge in [0.1, 0.15) is 96.5 Å². The third kappa shape index (κ3) is 10.3. The summed E-state index contributed by atoms with van der Waals surface area (Å²) in [5.74, 6) is -0.905. The second-order valence-corrected chi connectivity index (χ2v) is 27.1. The van der Waals surface area contributed by atoms with Crippen LogP contribution in [0.15, 0.2) is 11.6 Å². The molecule has 5 unspecified atom stereocenters. The van der Waals surface area contributed by atoms with Crippen LogP contribution in [0.4, 0.5) is 0 Å². The molecule has 5 saturated heterocycles. The van der Waals surface area contributed by atoms with E-state index in [4.69, 9.17) is 51.6 Å². The van der Waals surface area contributed by atoms with Crippen LogP contribution >= 0.6 is 0 Å². The normalized spacial score (nSPS) is 51.6. The summed E-state index contributed by atoms with van der Waals surface area (Å²) >= 11 is 0. The van der Waals surface area contributed by atoms with Crippen LogP contribution in [0, 0.1) is 39.4 Å². The fourth-order valence-electron chi connectivity index (χ4n) is 16.4. The van der Waals surface area contributed by atoms with Gasteiger partial charge in [0, 0.05) is 7.11 Å². The summed E-state index contributed by atoms with van der Waals surface area (Å²) in [7, 11) is -4.02. The average molecular weight is 1200 g/mol. The highest BCUT2D eigenvalue weighted by atomic mass is 32.3. The van der Waals surface area contributed by atoms with Crippen molar-refractivity contribution in [3.05, 3.63) is 11.6 Å². The van der Waals surface area contributed by atoms with Gasteiger partial charge in [0.15, 0.2) is 30.8 Å². The largest absolute Gasteiger partial charge is 0.453 e. The van der Waals surface area contributed by atoms with Crippen LogP contribution in [-0.2, 0) is 66.7 Å². The molecule has 29 atom stereocenters. The molecule has 0 radical (unpaired) electrons. The van der Waals surface area contributed by atoms with Gasteiger partial charge in [-0.05, 0) is 99.2 Å². The fraction of sp³-hybridized carbons (Fsp3) is 0.944. The van der Waals surface area contributed by atoms with Gasteiger partial charge in [0.2, 0.25) is 0 Å². The summed E-state index contributed by atoms with van der Waals surface area (Å²) in [6, 6.07) is 0. The molecule has 8 fully saturated rings. The molecule has 1 spiro atoms. The first-order valence-electron chi connectivity index (χ1n) is 28.6. The Bertz CT molecular complexity index is 2420. The molecule has 0 aromatic carbocycles. The van der Waals surface area contributed by atoms with E-state index in [0.29, 0.717) is 38.5 Å². The molecule has 5 heterocycles. The van der Waals surface area contributed by atoms with Crippen LogP contribution < -0.4 is 0 Å². The predicted octanol–water partition coefficient (Wildman–Crippen LogP) is -2.42. The fourth-order valence-corrected chi connectivity index (χ4v) is 16.9. The first kappa shape index (κ1) is 64.7. The molecule has 0 aromatic rings. The lowest BCUT2D eigenvalue weighted by Gasteiger charge is -2.64. The van der Waals surface area contributed by atoms with Crippen molar-refractivity contribution in [2.45, 2.75) is 253 Å². The zero-order chi connectivity index (χ0) is 60.4. The average Bonchev–Trinajstić information content (AvgIpc) is 1.49. The summed E-state index contributed by atoms with van der Waals surface area (Å²) in [5.41, 5.74) is -6.66. The Morgan fingerprint density at radius 2 is 1.28 bits per heavy atom. The summed E-state index contributed by atoms with van der Waals surface area (Å²) in [5, 5.41) is 136. The third-order valence-corrected chi connectivity index (χ3v) is 21.4. The van der Waals surface area contributed by atoms with E-state index in [-0.39, 0.29) is 30.6 Å². The SMILES string of the molecule is CO[C@@H]1[C@@H](O)[C@H](O[C@@H]2[C@@H](O)[C@H](O[C@H]3[C@H](O)[C@@H](O)[C@H](O[C@H]4[C@H](O[C@H]5CC[C@]6(C)C7=CC(O)C89C(=O)O[C@@](C)(C(O)CCC(C)C)[C@@]8(O)CC[C@@]9(C)C7CCC6C5(C)C)OC[C@@H](OS(=O)(=O)O)[C@@H]4O)O[C@@H]3C)O[C@H](CO)[C@H]2O)O[C@H](CO)[C@H]1O. The van der Waals surface area contributed by atoms with Gasteiger partial charge in [-0.2, -0.15) is 8.42 Å². The number of aliphatic hydroxyl groups excluding tert-OH is 11. The van der Waals surface area contributed by atoms with Crippen molar-refractivity contribution in [1.82, 2.24) is 0 Å². The van der Waals surface area contributed by atoms with Crippen molar-refractivity contribution in [3.8, 4) is 0 Å². The van der Waals surface area contributed by atoms with Crippen molar-refractivity contribution in [3.63, 3.8) is 0 Å². The molecule has 0 amide bonds. The minimum Gasteiger partial charge on any atom is -0.453 e. The Balaban J connectivity index is 0.915. The highest BCUT2D eigenvalue weighted by molar-refractivity contribution is 7.80. The van der Waals surface area contributed by atoms with E-state index in [2.05, 4.69) is 6.92 Å². The van der Waals surface area contributed by atoms with Gasteiger partial charge in [-0.25, -0.2) is 4.18 Å². The number of carbonyl (C=O) groups is 1. The minimum absolute atomic E-state index is 0.123. The van der Waals surface area contributed by atoms with Gasteiger partial charge in [0.25, 0.3) is 0 Å². The molecule has 3 saturated carbocycles. The van der Waals surface area contributed by atoms with E-state index in [9.17, 15) is 79.0 Å². The van der Waals surface area contributed by atoms with E-state index in [1.54, 1.807) is 13.0 Å². The number of cyclic esters (lactones) is 1. The number of methoxy groups -OCH3 is 1. The molecule has 5 aliphatic heterocycles. The molecule has 28 heteroatoms. The number of hydrogen-bond donors (Lipinski definition) is 13. The van der Waals surface area contributed by atoms with Crippen LogP contribution in [0.5, 0.6) is 0 Å². The van der Waals surface area contributed by atoms with Crippen LogP contribution in [0.3, 0.4) is 0 Å². The second kappa shape index (κ2) is 23.3. The van der Waals surface area contributed by atoms with Crippen LogP contribution in [-0.4, -0.2) is 253 Å². The van der Waals surface area contributed by atoms with Gasteiger partial charge in [-0.15, -0.1) is 0 Å². The van der Waals surface area contributed by atoms with Crippen LogP contribution in [0.25, 0.3) is 0 Å². The van der Waals surface area contributed by atoms with E-state index in [0.717, 1.165) is 5.57 Å². The van der Waals surface area contributed by atoms with Crippen LogP contribution in [0.1, 0.15) is 107 Å². The smallest absolute Gasteiger partial charge is 0.397 e. The number of ether oxygens (including phenoxy) is 10. The van der Waals surface area contributed by atoms with E-state index < -0.39 is 204 Å². The van der Waals surface area contributed by atoms with Crippen molar-refractivity contribution < 1.29 is 131 Å². The van der Waals surface area contributed by atoms with Crippen molar-refractivity contribution in [2.75, 3.05) is 26.9 Å². The molecule has 82 heavy (non-hydrogen) atoms. The molecule has 0 aromatic heterocycles. The molecular formula is C54H88O27S. The van der Waals surface area contributed by atoms with Crippen LogP contribution in [0.2, 0.25) is 0 Å². The Hall–Kier alpha value is -1.76. The number of allylic oxidation sites excluding steroid dienone is 1. The summed E-state index contributed by atoms with van der Waals surface area (Å²) in [4.78, 5) is 14.5. The minimum atomic E-state index is -5.20. The van der Waals surface area contributed by atoms with Gasteiger partial charge in [-0.1, -0.05) is 53.2 Å². The van der Waals surface area contributed by atoms with E-state index >= 15 is 0 Å². The Morgan fingerprint density at radius 3 is 1.88 bits per heavy atom. The zero-order valence-corrected chi connectivity index (χ0v) is 48.5. The highest BCUT2D eigenvalue weighted by Crippen LogP contribution is 2.77. The monoisotopic (exact) mass is 1200 g/mol. The molecule has 9 rings (SSSR count). The van der Waals surface area contributed by atoms with Gasteiger partial charge in [0.05, 0.1) is 44.2 Å². The third-order valence-electron chi connectivity index (χ3n) is 20.9. The molecule has 9 aliphatic rings. The first-order valence-corrected chi connectivity index (χ1v) is 30.0. The number of fused-ring (bicyclic) bond motifs is 4. The number of rotatable bonds is 17. The molecule has 27 nitrogen and oxygen atoms in total. The number of aliphatic hydroxyl groups is 12. The number of esters is 1. The summed E-state index contributed by atoms with van der Waals surface area (Å²) < 4.78 is 97.7. The molecular weight excluding hydrogens is 1110 g/mol. The van der Waals surface area contributed by atoms with E-state index in [1.807, 2.05) is 34.6 Å². The molecule has 472 valence electrons. The van der Waals surface area contributed by atoms with Crippen molar-refractivity contribution in [1.29, 1.82) is 0 Å². The summed E-state index contributed by atoms with van der Waals surface area (Å²) in [6.07, 6.45) is -30.6. The maximum absolute atomic E-state index is 14.5. The quantitative estimate of drug-likeness (QED) is 0.0312. The van der Waals surface area contributed by atoms with Gasteiger partial charge >= 0.3 is 16.4 Å². The molecule has 4 aliphatic carbocycles. The Labute approximate surface area is 476 Å². The number of carbonyl (C=O) groups excluding carboxylic acids is 1. The molecule has 0 bridgehead atoms. The summed E-state index contributed by atoms with van der Waals surface area (Å²) in [6.45, 7) is 12.8. The highest BCUT2D eigenvalue weighted by Gasteiger charge is 2.86. The Morgan fingerprint density at radius 1 is 0.695 bits per heavy atom. The maximum atomic E-state index is 14.5. The Kier molecular flexibility index (Phi) is 18.4. The lowest BCUT2D eigenvalue weighted by molar-refractivity contribution is -0.389.